The zero-order valence-electron chi connectivity index (χ0n) is 12.9. The van der Waals surface area contributed by atoms with Crippen LogP contribution in [0.3, 0.4) is 0 Å². The third-order valence-corrected chi connectivity index (χ3v) is 4.77. The average molecular weight is 252 g/mol. The average Bonchev–Trinajstić information content (AvgIpc) is 3.09. The lowest BCUT2D eigenvalue weighted by Crippen LogP contribution is -2.57. The van der Waals surface area contributed by atoms with Gasteiger partial charge in [0.25, 0.3) is 0 Å². The summed E-state index contributed by atoms with van der Waals surface area (Å²) in [5.41, 5.74) is 0. The van der Waals surface area contributed by atoms with Gasteiger partial charge in [-0.2, -0.15) is 0 Å². The molecule has 18 heavy (non-hydrogen) atoms. The maximum Gasteiger partial charge on any atom is 0.0278 e. The summed E-state index contributed by atoms with van der Waals surface area (Å²) in [6, 6.07) is 2.35. The number of likely N-dealkylation sites (N-methyl/N-ethyl adjacent to an activating group) is 1. The molecular weight excluding hydrogens is 220 g/mol. The third-order valence-electron chi connectivity index (χ3n) is 4.77. The molecule has 4 unspecified atom stereocenters. The molecule has 2 rings (SSSR count). The van der Waals surface area contributed by atoms with Crippen molar-refractivity contribution in [3.63, 3.8) is 0 Å². The molecule has 0 aromatic heterocycles. The van der Waals surface area contributed by atoms with Gasteiger partial charge in [0, 0.05) is 24.7 Å². The Morgan fingerprint density at radius 1 is 1.17 bits per heavy atom. The highest BCUT2D eigenvalue weighted by molar-refractivity contribution is 4.98. The van der Waals surface area contributed by atoms with E-state index in [1.54, 1.807) is 0 Å². The highest BCUT2D eigenvalue weighted by Gasteiger charge is 2.42. The fraction of sp³-hybridized carbons (Fsp3) is 1.00. The largest absolute Gasteiger partial charge is 0.315 e. The summed E-state index contributed by atoms with van der Waals surface area (Å²) in [4.78, 5) is 2.85. The highest BCUT2D eigenvalue weighted by atomic mass is 15.2. The van der Waals surface area contributed by atoms with Crippen molar-refractivity contribution in [3.8, 4) is 0 Å². The van der Waals surface area contributed by atoms with Gasteiger partial charge in [0.2, 0.25) is 0 Å². The second-order valence-electron chi connectivity index (χ2n) is 7.26. The quantitative estimate of drug-likeness (QED) is 0.809. The summed E-state index contributed by atoms with van der Waals surface area (Å²) in [5.74, 6) is 2.51. The minimum Gasteiger partial charge on any atom is -0.315 e. The van der Waals surface area contributed by atoms with E-state index in [0.717, 1.165) is 29.8 Å². The minimum absolute atomic E-state index is 0.697. The van der Waals surface area contributed by atoms with E-state index in [0.29, 0.717) is 6.04 Å². The Morgan fingerprint density at radius 2 is 1.83 bits per heavy atom. The molecule has 0 aromatic carbocycles. The lowest BCUT2D eigenvalue weighted by atomic mass is 9.75. The lowest BCUT2D eigenvalue weighted by Gasteiger charge is -2.46. The molecule has 0 heterocycles. The Hall–Kier alpha value is -0.0800. The van der Waals surface area contributed by atoms with Gasteiger partial charge in [0.15, 0.2) is 0 Å². The van der Waals surface area contributed by atoms with Crippen molar-refractivity contribution < 1.29 is 0 Å². The summed E-state index contributed by atoms with van der Waals surface area (Å²) in [6.45, 7) is 10.9. The molecule has 1 N–H and O–H groups in total. The summed E-state index contributed by atoms with van der Waals surface area (Å²) in [6.07, 6.45) is 5.63. The van der Waals surface area contributed by atoms with Gasteiger partial charge in [-0.1, -0.05) is 27.7 Å². The molecule has 2 fully saturated rings. The number of hydrogen-bond acceptors (Lipinski definition) is 2. The highest BCUT2D eigenvalue weighted by Crippen LogP contribution is 2.38. The zero-order valence-corrected chi connectivity index (χ0v) is 12.9. The summed E-state index contributed by atoms with van der Waals surface area (Å²) >= 11 is 0. The number of nitrogens with one attached hydrogen (secondary N) is 1. The smallest absolute Gasteiger partial charge is 0.0278 e. The Morgan fingerprint density at radius 3 is 2.33 bits per heavy atom. The van der Waals surface area contributed by atoms with E-state index >= 15 is 0 Å². The maximum atomic E-state index is 3.61. The van der Waals surface area contributed by atoms with Crippen LogP contribution in [0.15, 0.2) is 0 Å². The van der Waals surface area contributed by atoms with Crippen LogP contribution >= 0.6 is 0 Å². The lowest BCUT2D eigenvalue weighted by molar-refractivity contribution is 0.0494. The zero-order chi connectivity index (χ0) is 13.3. The van der Waals surface area contributed by atoms with E-state index in [4.69, 9.17) is 0 Å². The van der Waals surface area contributed by atoms with Gasteiger partial charge in [-0.25, -0.2) is 0 Å². The summed E-state index contributed by atoms with van der Waals surface area (Å²) in [5, 5.41) is 3.61. The van der Waals surface area contributed by atoms with Gasteiger partial charge in [0.1, 0.15) is 0 Å². The normalized spacial score (nSPS) is 37.5. The Labute approximate surface area is 114 Å². The van der Waals surface area contributed by atoms with Crippen LogP contribution in [-0.4, -0.2) is 36.6 Å². The third kappa shape index (κ3) is 3.27. The van der Waals surface area contributed by atoms with Crippen LogP contribution in [0.1, 0.15) is 53.4 Å². The van der Waals surface area contributed by atoms with E-state index in [1.807, 2.05) is 0 Å². The van der Waals surface area contributed by atoms with Gasteiger partial charge < -0.3 is 5.32 Å². The molecule has 2 heteroatoms. The molecule has 0 aromatic rings. The standard InChI is InChI=1S/C16H32N2/c1-11(2)10-18(14-6-7-14)16-13(4)8-12(3)9-15(16)17-5/h11-17H,6-10H2,1-5H3. The van der Waals surface area contributed by atoms with Crippen LogP contribution in [0.5, 0.6) is 0 Å². The van der Waals surface area contributed by atoms with Crippen molar-refractivity contribution in [1.82, 2.24) is 10.2 Å². The van der Waals surface area contributed by atoms with Crippen molar-refractivity contribution in [1.29, 1.82) is 0 Å². The topological polar surface area (TPSA) is 15.3 Å². The maximum absolute atomic E-state index is 3.61. The first kappa shape index (κ1) is 14.3. The Balaban J connectivity index is 2.09. The fourth-order valence-electron chi connectivity index (χ4n) is 4.03. The van der Waals surface area contributed by atoms with Gasteiger partial charge in [-0.3, -0.25) is 4.90 Å². The predicted molar refractivity (Wildman–Crippen MR) is 78.8 cm³/mol. The van der Waals surface area contributed by atoms with Gasteiger partial charge in [0.05, 0.1) is 0 Å². The van der Waals surface area contributed by atoms with E-state index in [9.17, 15) is 0 Å². The van der Waals surface area contributed by atoms with E-state index in [1.165, 1.54) is 32.2 Å². The van der Waals surface area contributed by atoms with E-state index in [-0.39, 0.29) is 0 Å². The van der Waals surface area contributed by atoms with E-state index < -0.39 is 0 Å². The number of nitrogens with zero attached hydrogens (tertiary/aromatic N) is 1. The van der Waals surface area contributed by atoms with Crippen molar-refractivity contribution in [2.75, 3.05) is 13.6 Å². The van der Waals surface area contributed by atoms with Gasteiger partial charge in [-0.15, -0.1) is 0 Å². The molecule has 0 amide bonds. The second kappa shape index (κ2) is 5.92. The molecule has 0 radical (unpaired) electrons. The van der Waals surface area contributed by atoms with Crippen molar-refractivity contribution in [2.45, 2.75) is 71.5 Å². The van der Waals surface area contributed by atoms with Crippen molar-refractivity contribution in [3.05, 3.63) is 0 Å². The Bertz CT molecular complexity index is 260. The van der Waals surface area contributed by atoms with Crippen LogP contribution in [0.4, 0.5) is 0 Å². The number of hydrogen-bond donors (Lipinski definition) is 1. The molecule has 4 atom stereocenters. The van der Waals surface area contributed by atoms with Crippen LogP contribution in [0.2, 0.25) is 0 Å². The predicted octanol–water partition coefficient (Wildman–Crippen LogP) is 3.13. The molecule has 0 saturated heterocycles. The van der Waals surface area contributed by atoms with Crippen LogP contribution in [0, 0.1) is 17.8 Å². The number of rotatable bonds is 5. The molecule has 0 aliphatic heterocycles. The minimum atomic E-state index is 0.697. The first-order valence-electron chi connectivity index (χ1n) is 7.96. The SMILES string of the molecule is CNC1CC(C)CC(C)C1N(CC(C)C)C1CC1. The molecule has 2 aliphatic carbocycles. The first-order valence-corrected chi connectivity index (χ1v) is 7.96. The van der Waals surface area contributed by atoms with Gasteiger partial charge >= 0.3 is 0 Å². The first-order chi connectivity index (χ1) is 8.52. The van der Waals surface area contributed by atoms with Crippen molar-refractivity contribution >= 4 is 0 Å². The van der Waals surface area contributed by atoms with Crippen LogP contribution < -0.4 is 5.32 Å². The molecule has 106 valence electrons. The molecule has 2 saturated carbocycles. The molecule has 0 spiro atoms. The Kier molecular flexibility index (Phi) is 4.71. The monoisotopic (exact) mass is 252 g/mol. The van der Waals surface area contributed by atoms with E-state index in [2.05, 4.69) is 45.0 Å². The second-order valence-corrected chi connectivity index (χ2v) is 7.26. The van der Waals surface area contributed by atoms with Crippen LogP contribution in [0.25, 0.3) is 0 Å². The molecule has 2 nitrogen and oxygen atoms in total. The molecule has 2 aliphatic rings. The van der Waals surface area contributed by atoms with Crippen LogP contribution in [-0.2, 0) is 0 Å². The molecular formula is C16H32N2. The van der Waals surface area contributed by atoms with Gasteiger partial charge in [-0.05, 0) is 50.5 Å². The van der Waals surface area contributed by atoms with Crippen molar-refractivity contribution in [2.24, 2.45) is 17.8 Å². The summed E-state index contributed by atoms with van der Waals surface area (Å²) in [7, 11) is 2.16. The molecule has 0 bridgehead atoms. The fourth-order valence-corrected chi connectivity index (χ4v) is 4.03. The summed E-state index contributed by atoms with van der Waals surface area (Å²) < 4.78 is 0.